The van der Waals surface area contributed by atoms with Gasteiger partial charge in [0, 0.05) is 17.5 Å². The van der Waals surface area contributed by atoms with Crippen LogP contribution in [-0.4, -0.2) is 12.6 Å². The second kappa shape index (κ2) is 6.04. The van der Waals surface area contributed by atoms with Gasteiger partial charge in [-0.25, -0.2) is 0 Å². The Morgan fingerprint density at radius 3 is 2.88 bits per heavy atom. The van der Waals surface area contributed by atoms with Crippen LogP contribution in [0.15, 0.2) is 12.1 Å². The number of thiophene rings is 1. The Morgan fingerprint density at radius 2 is 2.31 bits per heavy atom. The lowest BCUT2D eigenvalue weighted by molar-refractivity contribution is 0.266. The molecule has 90 valence electrons. The van der Waals surface area contributed by atoms with Gasteiger partial charge >= 0.3 is 0 Å². The van der Waals surface area contributed by atoms with Crippen LogP contribution in [0.3, 0.4) is 0 Å². The van der Waals surface area contributed by atoms with E-state index in [1.54, 1.807) is 11.3 Å². The summed E-state index contributed by atoms with van der Waals surface area (Å²) in [4.78, 5) is 1.38. The van der Waals surface area contributed by atoms with Gasteiger partial charge in [-0.2, -0.15) is 0 Å². The van der Waals surface area contributed by atoms with Crippen LogP contribution in [-0.2, 0) is 6.42 Å². The summed E-state index contributed by atoms with van der Waals surface area (Å²) in [6, 6.07) is 4.78. The first-order valence-electron chi connectivity index (χ1n) is 6.21. The molecular formula is C13H20ClNS. The molecule has 0 radical (unpaired) electrons. The highest BCUT2D eigenvalue weighted by Crippen LogP contribution is 2.30. The SMILES string of the molecule is CC(CC1CCC1)NCCc1ccc(Cl)s1. The molecule has 0 bridgehead atoms. The first-order chi connectivity index (χ1) is 7.74. The third-order valence-electron chi connectivity index (χ3n) is 3.40. The molecule has 1 heterocycles. The highest BCUT2D eigenvalue weighted by atomic mass is 35.5. The molecule has 2 rings (SSSR count). The largest absolute Gasteiger partial charge is 0.314 e. The molecule has 3 heteroatoms. The Morgan fingerprint density at radius 1 is 1.50 bits per heavy atom. The molecule has 1 saturated carbocycles. The van der Waals surface area contributed by atoms with Crippen molar-refractivity contribution in [2.75, 3.05) is 6.54 Å². The maximum Gasteiger partial charge on any atom is 0.0931 e. The van der Waals surface area contributed by atoms with Crippen molar-refractivity contribution in [3.05, 3.63) is 21.3 Å². The van der Waals surface area contributed by atoms with Crippen molar-refractivity contribution < 1.29 is 0 Å². The Kier molecular flexibility index (Phi) is 4.68. The molecule has 1 N–H and O–H groups in total. The zero-order chi connectivity index (χ0) is 11.4. The van der Waals surface area contributed by atoms with E-state index in [-0.39, 0.29) is 0 Å². The normalized spacial score (nSPS) is 18.4. The summed E-state index contributed by atoms with van der Waals surface area (Å²) in [5.74, 6) is 0.999. The molecule has 0 spiro atoms. The molecule has 1 aliphatic rings. The molecule has 0 amide bonds. The van der Waals surface area contributed by atoms with E-state index < -0.39 is 0 Å². The molecule has 0 saturated heterocycles. The van der Waals surface area contributed by atoms with E-state index in [0.29, 0.717) is 6.04 Å². The molecule has 1 atom stereocenters. The summed E-state index contributed by atoms with van der Waals surface area (Å²) in [6.07, 6.45) is 6.81. The standard InChI is InChI=1S/C13H20ClNS/c1-10(9-11-3-2-4-11)15-8-7-12-5-6-13(14)16-12/h5-6,10-11,15H,2-4,7-9H2,1H3. The Hall–Kier alpha value is -0.0500. The topological polar surface area (TPSA) is 12.0 Å². The molecule has 1 unspecified atom stereocenters. The lowest BCUT2D eigenvalue weighted by atomic mass is 9.81. The number of nitrogens with one attached hydrogen (secondary N) is 1. The summed E-state index contributed by atoms with van der Waals surface area (Å²) >= 11 is 7.59. The maximum atomic E-state index is 5.90. The van der Waals surface area contributed by atoms with Crippen molar-refractivity contribution in [2.24, 2.45) is 5.92 Å². The minimum Gasteiger partial charge on any atom is -0.314 e. The first kappa shape index (κ1) is 12.4. The van der Waals surface area contributed by atoms with Crippen molar-refractivity contribution in [3.8, 4) is 0 Å². The van der Waals surface area contributed by atoms with Crippen molar-refractivity contribution >= 4 is 22.9 Å². The molecule has 1 aliphatic carbocycles. The van der Waals surface area contributed by atoms with Crippen LogP contribution in [0.5, 0.6) is 0 Å². The molecular weight excluding hydrogens is 238 g/mol. The smallest absolute Gasteiger partial charge is 0.0931 e. The minimum atomic E-state index is 0.667. The van der Waals surface area contributed by atoms with Gasteiger partial charge in [0.15, 0.2) is 0 Å². The molecule has 0 aliphatic heterocycles. The van der Waals surface area contributed by atoms with Gasteiger partial charge in [-0.3, -0.25) is 0 Å². The third kappa shape index (κ3) is 3.76. The lowest BCUT2D eigenvalue weighted by Crippen LogP contribution is -2.31. The summed E-state index contributed by atoms with van der Waals surface area (Å²) in [6.45, 7) is 3.38. The van der Waals surface area contributed by atoms with Gasteiger partial charge in [-0.1, -0.05) is 30.9 Å². The van der Waals surface area contributed by atoms with Crippen LogP contribution in [0.4, 0.5) is 0 Å². The zero-order valence-corrected chi connectivity index (χ0v) is 11.4. The van der Waals surface area contributed by atoms with Crippen molar-refractivity contribution in [2.45, 2.75) is 45.1 Å². The van der Waals surface area contributed by atoms with Crippen LogP contribution in [0.2, 0.25) is 4.34 Å². The average Bonchev–Trinajstić information content (AvgIpc) is 2.58. The van der Waals surface area contributed by atoms with Crippen molar-refractivity contribution in [1.82, 2.24) is 5.32 Å². The Balaban J connectivity index is 1.59. The van der Waals surface area contributed by atoms with E-state index in [2.05, 4.69) is 18.3 Å². The lowest BCUT2D eigenvalue weighted by Gasteiger charge is -2.28. The van der Waals surface area contributed by atoms with Crippen molar-refractivity contribution in [3.63, 3.8) is 0 Å². The van der Waals surface area contributed by atoms with Crippen LogP contribution in [0.25, 0.3) is 0 Å². The van der Waals surface area contributed by atoms with Gasteiger partial charge in [0.05, 0.1) is 4.34 Å². The monoisotopic (exact) mass is 257 g/mol. The Labute approximate surface area is 107 Å². The second-order valence-electron chi connectivity index (χ2n) is 4.84. The van der Waals surface area contributed by atoms with Crippen LogP contribution in [0.1, 0.15) is 37.5 Å². The van der Waals surface area contributed by atoms with Crippen molar-refractivity contribution in [1.29, 1.82) is 0 Å². The molecule has 0 aromatic carbocycles. The van der Waals surface area contributed by atoms with E-state index >= 15 is 0 Å². The minimum absolute atomic E-state index is 0.667. The molecule has 1 aromatic heterocycles. The van der Waals surface area contributed by atoms with E-state index in [4.69, 9.17) is 11.6 Å². The average molecular weight is 258 g/mol. The predicted octanol–water partition coefficient (Wildman–Crippen LogP) is 4.11. The second-order valence-corrected chi connectivity index (χ2v) is 6.64. The van der Waals surface area contributed by atoms with Gasteiger partial charge in [-0.05, 0) is 37.8 Å². The maximum absolute atomic E-state index is 5.90. The quantitative estimate of drug-likeness (QED) is 0.809. The molecule has 1 fully saturated rings. The summed E-state index contributed by atoms with van der Waals surface area (Å²) in [5, 5.41) is 3.60. The highest BCUT2D eigenvalue weighted by molar-refractivity contribution is 7.16. The first-order valence-corrected chi connectivity index (χ1v) is 7.41. The zero-order valence-electron chi connectivity index (χ0n) is 9.84. The Bertz CT molecular complexity index is 319. The molecule has 1 nitrogen and oxygen atoms in total. The molecule has 1 aromatic rings. The van der Waals surface area contributed by atoms with E-state index in [0.717, 1.165) is 23.2 Å². The summed E-state index contributed by atoms with van der Waals surface area (Å²) < 4.78 is 0.900. The summed E-state index contributed by atoms with van der Waals surface area (Å²) in [7, 11) is 0. The number of hydrogen-bond donors (Lipinski definition) is 1. The van der Waals surface area contributed by atoms with Crippen LogP contribution < -0.4 is 5.32 Å². The van der Waals surface area contributed by atoms with Crippen LogP contribution in [0, 0.1) is 5.92 Å². The van der Waals surface area contributed by atoms with Gasteiger partial charge in [-0.15, -0.1) is 11.3 Å². The van der Waals surface area contributed by atoms with Gasteiger partial charge in [0.1, 0.15) is 0 Å². The highest BCUT2D eigenvalue weighted by Gasteiger charge is 2.19. The van der Waals surface area contributed by atoms with E-state index in [1.807, 2.05) is 6.07 Å². The fourth-order valence-corrected chi connectivity index (χ4v) is 3.33. The van der Waals surface area contributed by atoms with Crippen LogP contribution >= 0.6 is 22.9 Å². The predicted molar refractivity (Wildman–Crippen MR) is 72.5 cm³/mol. The van der Waals surface area contributed by atoms with Gasteiger partial charge < -0.3 is 5.32 Å². The fourth-order valence-electron chi connectivity index (χ4n) is 2.24. The summed E-state index contributed by atoms with van der Waals surface area (Å²) in [5.41, 5.74) is 0. The molecule has 16 heavy (non-hydrogen) atoms. The van der Waals surface area contributed by atoms with Gasteiger partial charge in [0.2, 0.25) is 0 Å². The number of hydrogen-bond acceptors (Lipinski definition) is 2. The van der Waals surface area contributed by atoms with E-state index in [1.165, 1.54) is 30.6 Å². The fraction of sp³-hybridized carbons (Fsp3) is 0.692. The van der Waals surface area contributed by atoms with E-state index in [9.17, 15) is 0 Å². The number of rotatable bonds is 6. The number of halogens is 1. The third-order valence-corrected chi connectivity index (χ3v) is 4.70. The van der Waals surface area contributed by atoms with Gasteiger partial charge in [0.25, 0.3) is 0 Å².